The Morgan fingerprint density at radius 3 is 3.12 bits per heavy atom. The third kappa shape index (κ3) is 2.05. The van der Waals surface area contributed by atoms with Gasteiger partial charge < -0.3 is 10.0 Å². The Balaban J connectivity index is 2.42. The van der Waals surface area contributed by atoms with Gasteiger partial charge in [0.15, 0.2) is 0 Å². The minimum absolute atomic E-state index is 0.102. The fourth-order valence-corrected chi connectivity index (χ4v) is 2.42. The van der Waals surface area contributed by atoms with E-state index in [-0.39, 0.29) is 6.61 Å². The molecule has 5 heteroatoms. The van der Waals surface area contributed by atoms with E-state index < -0.39 is 0 Å². The second-order valence-electron chi connectivity index (χ2n) is 3.29. The van der Waals surface area contributed by atoms with Crippen LogP contribution in [0.3, 0.4) is 0 Å². The molecule has 4 nitrogen and oxygen atoms in total. The van der Waals surface area contributed by atoms with Crippen molar-refractivity contribution in [1.29, 1.82) is 0 Å². The molecule has 84 valence electrons. The first-order chi connectivity index (χ1) is 7.86. The van der Waals surface area contributed by atoms with Crippen molar-refractivity contribution >= 4 is 27.4 Å². The van der Waals surface area contributed by atoms with Crippen LogP contribution < -0.4 is 4.90 Å². The van der Waals surface area contributed by atoms with Crippen LogP contribution in [0.25, 0.3) is 10.2 Å². The monoisotopic (exact) mass is 235 g/mol. The zero-order chi connectivity index (χ0) is 11.4. The lowest BCUT2D eigenvalue weighted by molar-refractivity contribution is 0.303. The zero-order valence-electron chi connectivity index (χ0n) is 8.83. The average Bonchev–Trinajstić information content (AvgIpc) is 2.76. The van der Waals surface area contributed by atoms with Gasteiger partial charge in [0.05, 0.1) is 16.8 Å². The molecule has 0 fully saturated rings. The van der Waals surface area contributed by atoms with Gasteiger partial charge in [-0.25, -0.2) is 9.97 Å². The summed E-state index contributed by atoms with van der Waals surface area (Å²) in [5.41, 5.74) is 0.946. The average molecular weight is 235 g/mol. The quantitative estimate of drug-likeness (QED) is 0.801. The first-order valence-electron chi connectivity index (χ1n) is 5.01. The number of nitrogens with zero attached hydrogens (tertiary/aromatic N) is 3. The van der Waals surface area contributed by atoms with Gasteiger partial charge in [0.25, 0.3) is 0 Å². The molecule has 2 heterocycles. The van der Waals surface area contributed by atoms with Gasteiger partial charge in [0, 0.05) is 13.1 Å². The first-order valence-corrected chi connectivity index (χ1v) is 5.89. The number of thiophene rings is 1. The highest BCUT2D eigenvalue weighted by atomic mass is 32.1. The lowest BCUT2D eigenvalue weighted by Crippen LogP contribution is -2.27. The van der Waals surface area contributed by atoms with E-state index in [1.165, 1.54) is 0 Å². The van der Waals surface area contributed by atoms with Crippen molar-refractivity contribution in [2.75, 3.05) is 24.6 Å². The van der Waals surface area contributed by atoms with E-state index in [1.807, 2.05) is 16.3 Å². The van der Waals surface area contributed by atoms with Crippen molar-refractivity contribution in [2.24, 2.45) is 0 Å². The van der Waals surface area contributed by atoms with Crippen LogP contribution in [0.1, 0.15) is 0 Å². The van der Waals surface area contributed by atoms with Crippen molar-refractivity contribution < 1.29 is 5.11 Å². The summed E-state index contributed by atoms with van der Waals surface area (Å²) < 4.78 is 1.05. The largest absolute Gasteiger partial charge is 0.395 e. The lowest BCUT2D eigenvalue weighted by atomic mass is 10.4. The van der Waals surface area contributed by atoms with Crippen LogP contribution in [-0.4, -0.2) is 34.8 Å². The molecule has 0 saturated carbocycles. The molecule has 2 aromatic heterocycles. The van der Waals surface area contributed by atoms with Crippen LogP contribution in [-0.2, 0) is 0 Å². The number of hydrogen-bond acceptors (Lipinski definition) is 5. The van der Waals surface area contributed by atoms with Crippen molar-refractivity contribution in [3.05, 3.63) is 30.4 Å². The van der Waals surface area contributed by atoms with Gasteiger partial charge in [-0.15, -0.1) is 17.9 Å². The van der Waals surface area contributed by atoms with Crippen molar-refractivity contribution in [3.8, 4) is 0 Å². The topological polar surface area (TPSA) is 49.2 Å². The minimum Gasteiger partial charge on any atom is -0.395 e. The zero-order valence-corrected chi connectivity index (χ0v) is 9.65. The Morgan fingerprint density at radius 1 is 1.50 bits per heavy atom. The predicted octanol–water partition coefficient (Wildman–Crippen LogP) is 1.68. The lowest BCUT2D eigenvalue weighted by Gasteiger charge is -2.21. The summed E-state index contributed by atoms with van der Waals surface area (Å²) >= 11 is 1.61. The van der Waals surface area contributed by atoms with E-state index in [2.05, 4.69) is 16.5 Å². The number of hydrogen-bond donors (Lipinski definition) is 1. The number of aliphatic hydroxyl groups excluding tert-OH is 1. The highest BCUT2D eigenvalue weighted by Crippen LogP contribution is 2.27. The van der Waals surface area contributed by atoms with Gasteiger partial charge in [-0.05, 0) is 11.4 Å². The summed E-state index contributed by atoms with van der Waals surface area (Å²) in [5, 5.41) is 11.0. The second kappa shape index (κ2) is 5.05. The van der Waals surface area contributed by atoms with E-state index in [9.17, 15) is 0 Å². The van der Waals surface area contributed by atoms with E-state index >= 15 is 0 Å². The molecule has 1 N–H and O–H groups in total. The maximum Gasteiger partial charge on any atom is 0.150 e. The second-order valence-corrected chi connectivity index (χ2v) is 4.21. The third-order valence-corrected chi connectivity index (χ3v) is 3.14. The Hall–Kier alpha value is -1.46. The molecule has 0 bridgehead atoms. The van der Waals surface area contributed by atoms with Crippen LogP contribution in [0.15, 0.2) is 30.4 Å². The van der Waals surface area contributed by atoms with E-state index in [4.69, 9.17) is 5.11 Å². The normalized spacial score (nSPS) is 10.6. The molecule has 0 aromatic carbocycles. The summed E-state index contributed by atoms with van der Waals surface area (Å²) in [6.45, 7) is 5.04. The van der Waals surface area contributed by atoms with Crippen LogP contribution >= 0.6 is 11.3 Å². The molecule has 0 saturated heterocycles. The fourth-order valence-electron chi connectivity index (χ4n) is 1.56. The molecule has 16 heavy (non-hydrogen) atoms. The standard InChI is InChI=1S/C11H13N3OS/c1-2-4-14(5-6-15)11-10-9(3-7-16-10)12-8-13-11/h2-3,7-8,15H,1,4-6H2. The maximum absolute atomic E-state index is 9.03. The number of aliphatic hydroxyl groups is 1. The minimum atomic E-state index is 0.102. The van der Waals surface area contributed by atoms with Crippen molar-refractivity contribution in [3.63, 3.8) is 0 Å². The van der Waals surface area contributed by atoms with Crippen LogP contribution in [0, 0.1) is 0 Å². The van der Waals surface area contributed by atoms with Gasteiger partial charge in [-0.3, -0.25) is 0 Å². The summed E-state index contributed by atoms with van der Waals surface area (Å²) in [6, 6.07) is 1.97. The summed E-state index contributed by atoms with van der Waals surface area (Å²) in [6.07, 6.45) is 3.36. The van der Waals surface area contributed by atoms with Gasteiger partial charge >= 0.3 is 0 Å². The highest BCUT2D eigenvalue weighted by Gasteiger charge is 2.11. The van der Waals surface area contributed by atoms with Crippen LogP contribution in [0.2, 0.25) is 0 Å². The summed E-state index contributed by atoms with van der Waals surface area (Å²) in [5.74, 6) is 0.869. The van der Waals surface area contributed by atoms with Gasteiger partial charge in [-0.2, -0.15) is 0 Å². The Morgan fingerprint density at radius 2 is 2.38 bits per heavy atom. The molecule has 0 unspecified atom stereocenters. The number of fused-ring (bicyclic) bond motifs is 1. The number of rotatable bonds is 5. The van der Waals surface area contributed by atoms with E-state index in [0.717, 1.165) is 16.0 Å². The first kappa shape index (κ1) is 11.0. The Bertz CT molecular complexity index is 483. The summed E-state index contributed by atoms with van der Waals surface area (Å²) in [4.78, 5) is 10.5. The van der Waals surface area contributed by atoms with Crippen molar-refractivity contribution in [1.82, 2.24) is 9.97 Å². The summed E-state index contributed by atoms with van der Waals surface area (Å²) in [7, 11) is 0. The Kier molecular flexibility index (Phi) is 3.48. The van der Waals surface area contributed by atoms with Crippen LogP contribution in [0.4, 0.5) is 5.82 Å². The highest BCUT2D eigenvalue weighted by molar-refractivity contribution is 7.17. The smallest absolute Gasteiger partial charge is 0.150 e. The van der Waals surface area contributed by atoms with E-state index in [1.54, 1.807) is 23.7 Å². The molecule has 0 aliphatic rings. The third-order valence-electron chi connectivity index (χ3n) is 2.24. The molecule has 0 aliphatic carbocycles. The molecule has 0 spiro atoms. The SMILES string of the molecule is C=CCN(CCO)c1ncnc2ccsc12. The van der Waals surface area contributed by atoms with Crippen molar-refractivity contribution in [2.45, 2.75) is 0 Å². The number of anilines is 1. The molecule has 2 rings (SSSR count). The van der Waals surface area contributed by atoms with Crippen LogP contribution in [0.5, 0.6) is 0 Å². The molecular weight excluding hydrogens is 222 g/mol. The number of aromatic nitrogens is 2. The molecular formula is C11H13N3OS. The molecule has 0 aliphatic heterocycles. The molecule has 2 aromatic rings. The van der Waals surface area contributed by atoms with E-state index in [0.29, 0.717) is 13.1 Å². The molecule has 0 atom stereocenters. The van der Waals surface area contributed by atoms with Gasteiger partial charge in [0.2, 0.25) is 0 Å². The molecule has 0 radical (unpaired) electrons. The Labute approximate surface area is 97.9 Å². The molecule has 0 amide bonds. The van der Waals surface area contributed by atoms with Gasteiger partial charge in [-0.1, -0.05) is 6.08 Å². The fraction of sp³-hybridized carbons (Fsp3) is 0.273. The maximum atomic E-state index is 9.03. The predicted molar refractivity (Wildman–Crippen MR) is 66.9 cm³/mol. The van der Waals surface area contributed by atoms with Gasteiger partial charge in [0.1, 0.15) is 12.1 Å².